The molecule has 17 heavy (non-hydrogen) atoms. The Morgan fingerprint density at radius 2 is 2.06 bits per heavy atom. The number of rotatable bonds is 5. The van der Waals surface area contributed by atoms with E-state index < -0.39 is 0 Å². The van der Waals surface area contributed by atoms with E-state index >= 15 is 0 Å². The third kappa shape index (κ3) is 3.76. The highest BCUT2D eigenvalue weighted by Crippen LogP contribution is 2.22. The molecule has 0 amide bonds. The topological polar surface area (TPSA) is 45.0 Å². The van der Waals surface area contributed by atoms with E-state index in [1.807, 2.05) is 13.8 Å². The van der Waals surface area contributed by atoms with Crippen molar-refractivity contribution in [2.75, 3.05) is 13.7 Å². The first kappa shape index (κ1) is 13.5. The van der Waals surface area contributed by atoms with Crippen LogP contribution in [0.2, 0.25) is 0 Å². The maximum absolute atomic E-state index is 8.67. The van der Waals surface area contributed by atoms with E-state index in [0.717, 1.165) is 24.3 Å². The predicted octanol–water partition coefficient (Wildman–Crippen LogP) is 2.36. The van der Waals surface area contributed by atoms with Crippen LogP contribution >= 0.6 is 0 Å². The van der Waals surface area contributed by atoms with Crippen molar-refractivity contribution >= 4 is 0 Å². The van der Waals surface area contributed by atoms with Crippen LogP contribution in [0.1, 0.15) is 23.6 Å². The predicted molar refractivity (Wildman–Crippen MR) is 69.2 cm³/mol. The van der Waals surface area contributed by atoms with Crippen molar-refractivity contribution < 1.29 is 4.74 Å². The Morgan fingerprint density at radius 1 is 1.35 bits per heavy atom. The fourth-order valence-corrected chi connectivity index (χ4v) is 1.81. The molecule has 3 heteroatoms. The minimum atomic E-state index is -0.0883. The van der Waals surface area contributed by atoms with Crippen LogP contribution in [-0.4, -0.2) is 19.7 Å². The van der Waals surface area contributed by atoms with Crippen molar-refractivity contribution in [2.45, 2.75) is 33.2 Å². The summed E-state index contributed by atoms with van der Waals surface area (Å²) in [4.78, 5) is 0. The molecule has 1 rings (SSSR count). The normalized spacial score (nSPS) is 11.9. The zero-order valence-electron chi connectivity index (χ0n) is 11.0. The highest BCUT2D eigenvalue weighted by atomic mass is 16.5. The molecule has 1 unspecified atom stereocenters. The van der Waals surface area contributed by atoms with Gasteiger partial charge in [0, 0.05) is 6.54 Å². The number of aryl methyl sites for hydroxylation is 2. The maximum atomic E-state index is 8.67. The van der Waals surface area contributed by atoms with Crippen LogP contribution in [0.3, 0.4) is 0 Å². The number of ether oxygens (including phenoxy) is 1. The minimum Gasteiger partial charge on any atom is -0.496 e. The average molecular weight is 232 g/mol. The number of methoxy groups -OCH3 is 1. The van der Waals surface area contributed by atoms with Gasteiger partial charge in [-0.2, -0.15) is 5.26 Å². The Kier molecular flexibility index (Phi) is 4.99. The Morgan fingerprint density at radius 3 is 2.65 bits per heavy atom. The zero-order valence-corrected chi connectivity index (χ0v) is 11.0. The van der Waals surface area contributed by atoms with E-state index in [1.165, 1.54) is 11.1 Å². The molecule has 1 aromatic carbocycles. The van der Waals surface area contributed by atoms with Crippen molar-refractivity contribution in [3.63, 3.8) is 0 Å². The lowest BCUT2D eigenvalue weighted by atomic mass is 10.0. The van der Waals surface area contributed by atoms with E-state index in [2.05, 4.69) is 30.4 Å². The molecule has 1 N–H and O–H groups in total. The van der Waals surface area contributed by atoms with Gasteiger partial charge in [-0.15, -0.1) is 0 Å². The van der Waals surface area contributed by atoms with E-state index in [-0.39, 0.29) is 6.04 Å². The van der Waals surface area contributed by atoms with Crippen LogP contribution in [0.25, 0.3) is 0 Å². The fourth-order valence-electron chi connectivity index (χ4n) is 1.81. The Labute approximate surface area is 103 Å². The summed E-state index contributed by atoms with van der Waals surface area (Å²) in [6, 6.07) is 6.30. The molecule has 3 nitrogen and oxygen atoms in total. The van der Waals surface area contributed by atoms with Crippen molar-refractivity contribution in [1.82, 2.24) is 5.32 Å². The van der Waals surface area contributed by atoms with Gasteiger partial charge in [-0.1, -0.05) is 6.07 Å². The number of hydrogen-bond donors (Lipinski definition) is 1. The summed E-state index contributed by atoms with van der Waals surface area (Å²) >= 11 is 0. The third-order valence-electron chi connectivity index (χ3n) is 2.89. The van der Waals surface area contributed by atoms with Crippen molar-refractivity contribution in [3.05, 3.63) is 28.8 Å². The summed E-state index contributed by atoms with van der Waals surface area (Å²) in [5.41, 5.74) is 3.70. The van der Waals surface area contributed by atoms with Gasteiger partial charge >= 0.3 is 0 Å². The van der Waals surface area contributed by atoms with Crippen molar-refractivity contribution in [2.24, 2.45) is 0 Å². The Balaban J connectivity index is 2.66. The lowest BCUT2D eigenvalue weighted by Gasteiger charge is -2.12. The Bertz CT molecular complexity index is 421. The molecule has 0 bridgehead atoms. The van der Waals surface area contributed by atoms with E-state index in [4.69, 9.17) is 10.00 Å². The molecule has 0 heterocycles. The van der Waals surface area contributed by atoms with Gasteiger partial charge in [0.1, 0.15) is 5.75 Å². The molecule has 0 aliphatic carbocycles. The standard InChI is InChI=1S/C14H20N2O/c1-10-8-14(17-4)11(2)7-13(10)5-6-16-12(3)9-15/h7-8,12,16H,5-6H2,1-4H3. The van der Waals surface area contributed by atoms with Crippen LogP contribution in [0.4, 0.5) is 0 Å². The number of hydrogen-bond acceptors (Lipinski definition) is 3. The number of nitriles is 1. The molecule has 0 aliphatic heterocycles. The molecular weight excluding hydrogens is 212 g/mol. The summed E-state index contributed by atoms with van der Waals surface area (Å²) in [5, 5.41) is 11.8. The van der Waals surface area contributed by atoms with Gasteiger partial charge in [0.2, 0.25) is 0 Å². The van der Waals surface area contributed by atoms with Crippen molar-refractivity contribution in [3.8, 4) is 11.8 Å². The number of benzene rings is 1. The molecular formula is C14H20N2O. The van der Waals surface area contributed by atoms with Crippen LogP contribution in [0.5, 0.6) is 5.75 Å². The van der Waals surface area contributed by atoms with E-state index in [1.54, 1.807) is 7.11 Å². The fraction of sp³-hybridized carbons (Fsp3) is 0.500. The van der Waals surface area contributed by atoms with Crippen LogP contribution in [0, 0.1) is 25.2 Å². The van der Waals surface area contributed by atoms with Gasteiger partial charge in [-0.05, 0) is 49.9 Å². The summed E-state index contributed by atoms with van der Waals surface area (Å²) in [5.74, 6) is 0.935. The van der Waals surface area contributed by atoms with Gasteiger partial charge < -0.3 is 10.1 Å². The van der Waals surface area contributed by atoms with Gasteiger partial charge in [-0.3, -0.25) is 0 Å². The molecule has 0 aliphatic rings. The second kappa shape index (κ2) is 6.27. The Hall–Kier alpha value is -1.53. The first-order valence-corrected chi connectivity index (χ1v) is 5.85. The first-order chi connectivity index (χ1) is 8.08. The SMILES string of the molecule is COc1cc(C)c(CCNC(C)C#N)cc1C. The maximum Gasteiger partial charge on any atom is 0.122 e. The molecule has 0 aromatic heterocycles. The van der Waals surface area contributed by atoms with Crippen molar-refractivity contribution in [1.29, 1.82) is 5.26 Å². The van der Waals surface area contributed by atoms with Crippen LogP contribution in [0.15, 0.2) is 12.1 Å². The summed E-state index contributed by atoms with van der Waals surface area (Å²) in [6.07, 6.45) is 0.933. The quantitative estimate of drug-likeness (QED) is 0.847. The summed E-state index contributed by atoms with van der Waals surface area (Å²) in [6.45, 7) is 6.82. The molecule has 92 valence electrons. The van der Waals surface area contributed by atoms with E-state index in [9.17, 15) is 0 Å². The third-order valence-corrected chi connectivity index (χ3v) is 2.89. The van der Waals surface area contributed by atoms with Gasteiger partial charge in [-0.25, -0.2) is 0 Å². The smallest absolute Gasteiger partial charge is 0.122 e. The zero-order chi connectivity index (χ0) is 12.8. The highest BCUT2D eigenvalue weighted by Gasteiger charge is 2.05. The van der Waals surface area contributed by atoms with Crippen LogP contribution < -0.4 is 10.1 Å². The average Bonchev–Trinajstić information content (AvgIpc) is 2.32. The summed E-state index contributed by atoms with van der Waals surface area (Å²) < 4.78 is 5.28. The molecule has 0 fully saturated rings. The molecule has 1 aromatic rings. The summed E-state index contributed by atoms with van der Waals surface area (Å²) in [7, 11) is 1.69. The largest absolute Gasteiger partial charge is 0.496 e. The highest BCUT2D eigenvalue weighted by molar-refractivity contribution is 5.41. The number of nitrogens with one attached hydrogen (secondary N) is 1. The van der Waals surface area contributed by atoms with Gasteiger partial charge in [0.15, 0.2) is 0 Å². The van der Waals surface area contributed by atoms with Gasteiger partial charge in [0.05, 0.1) is 19.2 Å². The molecule has 0 saturated carbocycles. The molecule has 0 saturated heterocycles. The minimum absolute atomic E-state index is 0.0883. The monoisotopic (exact) mass is 232 g/mol. The second-order valence-corrected chi connectivity index (χ2v) is 4.30. The van der Waals surface area contributed by atoms with Gasteiger partial charge in [0.25, 0.3) is 0 Å². The lowest BCUT2D eigenvalue weighted by molar-refractivity contribution is 0.411. The second-order valence-electron chi connectivity index (χ2n) is 4.30. The lowest BCUT2D eigenvalue weighted by Crippen LogP contribution is -2.26. The van der Waals surface area contributed by atoms with Crippen LogP contribution in [-0.2, 0) is 6.42 Å². The first-order valence-electron chi connectivity index (χ1n) is 5.85. The molecule has 0 spiro atoms. The number of nitrogens with zero attached hydrogens (tertiary/aromatic N) is 1. The molecule has 1 atom stereocenters. The molecule has 0 radical (unpaired) electrons. The van der Waals surface area contributed by atoms with E-state index in [0.29, 0.717) is 0 Å².